The summed E-state index contributed by atoms with van der Waals surface area (Å²) >= 11 is 0. The number of nitro groups is 1. The molecule has 0 spiro atoms. The third-order valence-electron chi connectivity index (χ3n) is 4.35. The molecule has 1 N–H and O–H groups in total. The molecule has 3 rings (SSSR count). The van der Waals surface area contributed by atoms with Gasteiger partial charge in [-0.05, 0) is 24.6 Å². The van der Waals surface area contributed by atoms with E-state index in [1.54, 1.807) is 0 Å². The first-order valence-corrected chi connectivity index (χ1v) is 8.76. The molecule has 3 aromatic rings. The van der Waals surface area contributed by atoms with E-state index in [9.17, 15) is 19.7 Å². The maximum absolute atomic E-state index is 12.2. The van der Waals surface area contributed by atoms with Crippen LogP contribution in [0.5, 0.6) is 0 Å². The minimum absolute atomic E-state index is 0.0801. The van der Waals surface area contributed by atoms with Crippen LogP contribution in [0, 0.1) is 10.1 Å². The van der Waals surface area contributed by atoms with Crippen molar-refractivity contribution < 1.29 is 14.1 Å². The monoisotopic (exact) mass is 384 g/mol. The number of nitro benzene ring substituents is 1. The Hall–Kier alpha value is -3.62. The maximum atomic E-state index is 12.2. The Kier molecular flexibility index (Phi) is 5.73. The fourth-order valence-corrected chi connectivity index (χ4v) is 2.87. The molecule has 0 bridgehead atoms. The first-order valence-electron chi connectivity index (χ1n) is 8.76. The molecule has 9 heteroatoms. The number of hydrogen-bond donors (Lipinski definition) is 1. The number of hydrogen-bond acceptors (Lipinski definition) is 6. The summed E-state index contributed by atoms with van der Waals surface area (Å²) < 4.78 is 6.17. The van der Waals surface area contributed by atoms with E-state index in [1.807, 2.05) is 37.4 Å². The molecule has 0 saturated carbocycles. The molecule has 9 nitrogen and oxygen atoms in total. The predicted octanol–water partition coefficient (Wildman–Crippen LogP) is 2.15. The highest BCUT2D eigenvalue weighted by molar-refractivity contribution is 5.80. The molecule has 0 saturated heterocycles. The fourth-order valence-electron chi connectivity index (χ4n) is 2.87. The van der Waals surface area contributed by atoms with Crippen LogP contribution in [-0.2, 0) is 11.3 Å². The van der Waals surface area contributed by atoms with E-state index in [0.717, 1.165) is 23.2 Å². The van der Waals surface area contributed by atoms with Crippen molar-refractivity contribution >= 4 is 28.4 Å². The number of oxazole rings is 1. The predicted molar refractivity (Wildman–Crippen MR) is 104 cm³/mol. The summed E-state index contributed by atoms with van der Waals surface area (Å²) in [7, 11) is 1.98. The van der Waals surface area contributed by atoms with Crippen molar-refractivity contribution in [2.75, 3.05) is 25.0 Å². The van der Waals surface area contributed by atoms with E-state index >= 15 is 0 Å². The quantitative estimate of drug-likeness (QED) is 0.362. The average molecular weight is 384 g/mol. The number of carbonyl (C=O) groups excluding carboxylic acids is 1. The second kappa shape index (κ2) is 8.38. The summed E-state index contributed by atoms with van der Waals surface area (Å²) in [5.41, 5.74) is 1.34. The molecule has 0 fully saturated rings. The van der Waals surface area contributed by atoms with Crippen LogP contribution in [0.1, 0.15) is 6.42 Å². The molecule has 1 heterocycles. The van der Waals surface area contributed by atoms with Gasteiger partial charge in [-0.3, -0.25) is 19.5 Å². The minimum Gasteiger partial charge on any atom is -0.407 e. The lowest BCUT2D eigenvalue weighted by atomic mass is 10.3. The van der Waals surface area contributed by atoms with Crippen molar-refractivity contribution in [2.24, 2.45) is 0 Å². The lowest BCUT2D eigenvalue weighted by molar-refractivity contribution is -0.384. The van der Waals surface area contributed by atoms with Crippen LogP contribution in [0.15, 0.2) is 57.7 Å². The van der Waals surface area contributed by atoms with Crippen LogP contribution >= 0.6 is 0 Å². The highest BCUT2D eigenvalue weighted by Gasteiger charge is 2.16. The number of benzene rings is 2. The summed E-state index contributed by atoms with van der Waals surface area (Å²) in [5.74, 6) is -1.06. The minimum atomic E-state index is -0.727. The zero-order valence-electron chi connectivity index (χ0n) is 15.3. The van der Waals surface area contributed by atoms with Crippen LogP contribution in [0.3, 0.4) is 0 Å². The summed E-state index contributed by atoms with van der Waals surface area (Å²) in [6.07, 6.45) is 0.740. The topological polar surface area (TPSA) is 111 Å². The molecule has 28 heavy (non-hydrogen) atoms. The molecule has 0 unspecified atom stereocenters. The molecule has 1 amide bonds. The van der Waals surface area contributed by atoms with Crippen molar-refractivity contribution in [2.45, 2.75) is 13.0 Å². The molecule has 0 atom stereocenters. The van der Waals surface area contributed by atoms with E-state index in [-0.39, 0.29) is 23.7 Å². The number of amides is 1. The third kappa shape index (κ3) is 4.37. The fraction of sp³-hybridized carbons (Fsp3) is 0.263. The molecule has 0 aliphatic carbocycles. The summed E-state index contributed by atoms with van der Waals surface area (Å²) in [6.45, 7) is 1.02. The summed E-state index contributed by atoms with van der Waals surface area (Å²) in [4.78, 5) is 36.5. The van der Waals surface area contributed by atoms with Crippen molar-refractivity contribution in [3.8, 4) is 0 Å². The largest absolute Gasteiger partial charge is 0.420 e. The smallest absolute Gasteiger partial charge is 0.407 e. The molecule has 2 aromatic carbocycles. The number of non-ortho nitro benzene ring substituents is 1. The van der Waals surface area contributed by atoms with Gasteiger partial charge in [0.2, 0.25) is 5.91 Å². The standard InChI is InChI=1S/C19H20N4O5/c1-21(14-6-3-2-4-7-14)11-5-10-20-18(24)13-22-16-9-8-15(23(26)27)12-17(16)28-19(22)25/h2-4,6-9,12H,5,10-11,13H2,1H3,(H,20,24). The van der Waals surface area contributed by atoms with Crippen molar-refractivity contribution in [1.82, 2.24) is 9.88 Å². The maximum Gasteiger partial charge on any atom is 0.420 e. The van der Waals surface area contributed by atoms with Gasteiger partial charge in [-0.15, -0.1) is 0 Å². The Bertz CT molecular complexity index is 1040. The third-order valence-corrected chi connectivity index (χ3v) is 4.35. The lowest BCUT2D eigenvalue weighted by Gasteiger charge is -2.19. The van der Waals surface area contributed by atoms with E-state index < -0.39 is 10.7 Å². The molecule has 0 radical (unpaired) electrons. The van der Waals surface area contributed by atoms with E-state index in [4.69, 9.17) is 4.42 Å². The van der Waals surface area contributed by atoms with Gasteiger partial charge in [-0.1, -0.05) is 18.2 Å². The number of aromatic nitrogens is 1. The number of para-hydroxylation sites is 1. The molecule has 146 valence electrons. The number of fused-ring (bicyclic) bond motifs is 1. The van der Waals surface area contributed by atoms with Crippen molar-refractivity contribution in [3.05, 3.63) is 69.2 Å². The van der Waals surface area contributed by atoms with Gasteiger partial charge in [0.1, 0.15) is 6.54 Å². The van der Waals surface area contributed by atoms with Gasteiger partial charge < -0.3 is 14.6 Å². The highest BCUT2D eigenvalue weighted by atomic mass is 16.6. The Morgan fingerprint density at radius 2 is 2.00 bits per heavy atom. The van der Waals surface area contributed by atoms with Crippen LogP contribution in [0.2, 0.25) is 0 Å². The van der Waals surface area contributed by atoms with E-state index in [0.29, 0.717) is 12.1 Å². The highest BCUT2D eigenvalue weighted by Crippen LogP contribution is 2.19. The van der Waals surface area contributed by atoms with Crippen LogP contribution in [0.4, 0.5) is 11.4 Å². The van der Waals surface area contributed by atoms with Crippen molar-refractivity contribution in [3.63, 3.8) is 0 Å². The molecule has 0 aliphatic heterocycles. The SMILES string of the molecule is CN(CCCNC(=O)Cn1c(=O)oc2cc([N+](=O)[O-])ccc21)c1ccccc1. The van der Waals surface area contributed by atoms with Crippen LogP contribution in [0.25, 0.3) is 11.1 Å². The van der Waals surface area contributed by atoms with Gasteiger partial charge in [0.25, 0.3) is 5.69 Å². The Labute approximate surface area is 160 Å². The Morgan fingerprint density at radius 3 is 2.71 bits per heavy atom. The van der Waals surface area contributed by atoms with Crippen LogP contribution in [-0.4, -0.2) is 35.5 Å². The lowest BCUT2D eigenvalue weighted by Crippen LogP contribution is -2.32. The molecular weight excluding hydrogens is 364 g/mol. The molecule has 1 aromatic heterocycles. The second-order valence-electron chi connectivity index (χ2n) is 6.32. The van der Waals surface area contributed by atoms with Gasteiger partial charge in [0.05, 0.1) is 16.5 Å². The van der Waals surface area contributed by atoms with Gasteiger partial charge in [-0.2, -0.15) is 0 Å². The summed E-state index contributed by atoms with van der Waals surface area (Å²) in [6, 6.07) is 13.8. The second-order valence-corrected chi connectivity index (χ2v) is 6.32. The van der Waals surface area contributed by atoms with Gasteiger partial charge in [0.15, 0.2) is 5.58 Å². The first-order chi connectivity index (χ1) is 13.5. The Morgan fingerprint density at radius 1 is 1.25 bits per heavy atom. The van der Waals surface area contributed by atoms with Gasteiger partial charge in [0, 0.05) is 31.9 Å². The van der Waals surface area contributed by atoms with E-state index in [2.05, 4.69) is 10.2 Å². The zero-order valence-corrected chi connectivity index (χ0v) is 15.3. The van der Waals surface area contributed by atoms with Gasteiger partial charge in [-0.25, -0.2) is 4.79 Å². The number of nitrogens with zero attached hydrogens (tertiary/aromatic N) is 3. The summed E-state index contributed by atoms with van der Waals surface area (Å²) in [5, 5.41) is 13.6. The normalized spacial score (nSPS) is 10.8. The number of carbonyl (C=O) groups is 1. The number of anilines is 1. The average Bonchev–Trinajstić information content (AvgIpc) is 3.00. The van der Waals surface area contributed by atoms with E-state index in [1.165, 1.54) is 18.2 Å². The number of rotatable bonds is 8. The zero-order chi connectivity index (χ0) is 20.1. The van der Waals surface area contributed by atoms with Gasteiger partial charge >= 0.3 is 5.76 Å². The number of nitrogens with one attached hydrogen (secondary N) is 1. The molecule has 0 aliphatic rings. The first kappa shape index (κ1) is 19.2. The van der Waals surface area contributed by atoms with Crippen LogP contribution < -0.4 is 16.0 Å². The van der Waals surface area contributed by atoms with Crippen molar-refractivity contribution in [1.29, 1.82) is 0 Å². The molecular formula is C19H20N4O5. The Balaban J connectivity index is 1.54.